The predicted molar refractivity (Wildman–Crippen MR) is 86.0 cm³/mol. The number of hydrogen-bond acceptors (Lipinski definition) is 5. The SMILES string of the molecule is CCOC(=O)C1[C@H]2CCC(O)C2CN1C(=O)OCc1ccccc1. The first-order chi connectivity index (χ1) is 11.6. The minimum atomic E-state index is -0.657. The summed E-state index contributed by atoms with van der Waals surface area (Å²) in [5, 5.41) is 10.1. The number of carbonyl (C=O) groups is 2. The lowest BCUT2D eigenvalue weighted by molar-refractivity contribution is -0.149. The molecule has 1 heterocycles. The number of carbonyl (C=O) groups excluding carboxylic acids is 2. The average Bonchev–Trinajstić information content (AvgIpc) is 3.14. The molecule has 130 valence electrons. The summed E-state index contributed by atoms with van der Waals surface area (Å²) < 4.78 is 10.5. The first kappa shape index (κ1) is 16.8. The third kappa shape index (κ3) is 3.24. The van der Waals surface area contributed by atoms with E-state index in [9.17, 15) is 14.7 Å². The summed E-state index contributed by atoms with van der Waals surface area (Å²) in [5.74, 6) is -0.539. The van der Waals surface area contributed by atoms with E-state index >= 15 is 0 Å². The van der Waals surface area contributed by atoms with E-state index in [1.54, 1.807) is 6.92 Å². The standard InChI is InChI=1S/C18H23NO5/c1-2-23-17(21)16-13-8-9-15(20)14(13)10-19(16)18(22)24-11-12-6-4-3-5-7-12/h3-7,13-16,20H,2,8-11H2,1H3/t13-,14?,15?,16?/m0/s1. The molecule has 24 heavy (non-hydrogen) atoms. The van der Waals surface area contributed by atoms with Crippen LogP contribution in [0.1, 0.15) is 25.3 Å². The quantitative estimate of drug-likeness (QED) is 0.853. The molecule has 1 saturated heterocycles. The molecule has 6 heteroatoms. The maximum Gasteiger partial charge on any atom is 0.410 e. The number of hydrogen-bond donors (Lipinski definition) is 1. The molecular formula is C18H23NO5. The third-order valence-electron chi connectivity index (χ3n) is 4.96. The molecule has 2 aliphatic rings. The normalized spacial score (nSPS) is 28.5. The first-order valence-corrected chi connectivity index (χ1v) is 8.43. The summed E-state index contributed by atoms with van der Waals surface area (Å²) in [6, 6.07) is 8.74. The lowest BCUT2D eigenvalue weighted by Crippen LogP contribution is -2.44. The maximum absolute atomic E-state index is 12.5. The molecule has 1 N–H and O–H groups in total. The lowest BCUT2D eigenvalue weighted by Gasteiger charge is -2.25. The molecule has 6 nitrogen and oxygen atoms in total. The van der Waals surface area contributed by atoms with Crippen molar-refractivity contribution in [2.45, 2.75) is 38.5 Å². The van der Waals surface area contributed by atoms with Gasteiger partial charge in [0.15, 0.2) is 0 Å². The van der Waals surface area contributed by atoms with E-state index in [1.807, 2.05) is 30.3 Å². The predicted octanol–water partition coefficient (Wildman–Crippen LogP) is 1.96. The Bertz CT molecular complexity index is 590. The first-order valence-electron chi connectivity index (χ1n) is 8.43. The second-order valence-corrected chi connectivity index (χ2v) is 6.36. The van der Waals surface area contributed by atoms with Crippen molar-refractivity contribution in [1.29, 1.82) is 0 Å². The van der Waals surface area contributed by atoms with E-state index in [1.165, 1.54) is 4.90 Å². The van der Waals surface area contributed by atoms with Gasteiger partial charge in [0.25, 0.3) is 0 Å². The number of likely N-dealkylation sites (tertiary alicyclic amines) is 1. The van der Waals surface area contributed by atoms with Crippen molar-refractivity contribution in [3.8, 4) is 0 Å². The highest BCUT2D eigenvalue weighted by atomic mass is 16.6. The summed E-state index contributed by atoms with van der Waals surface area (Å²) in [5.41, 5.74) is 0.887. The lowest BCUT2D eigenvalue weighted by atomic mass is 9.93. The largest absolute Gasteiger partial charge is 0.464 e. The van der Waals surface area contributed by atoms with Crippen LogP contribution < -0.4 is 0 Å². The van der Waals surface area contributed by atoms with Crippen molar-refractivity contribution < 1.29 is 24.2 Å². The van der Waals surface area contributed by atoms with Gasteiger partial charge in [-0.05, 0) is 31.2 Å². The second kappa shape index (κ2) is 7.21. The molecule has 2 fully saturated rings. The van der Waals surface area contributed by atoms with Crippen LogP contribution in [0.5, 0.6) is 0 Å². The highest BCUT2D eigenvalue weighted by molar-refractivity contribution is 5.82. The summed E-state index contributed by atoms with van der Waals surface area (Å²) in [6.45, 7) is 2.50. The highest BCUT2D eigenvalue weighted by Gasteiger charge is 2.53. The summed E-state index contributed by atoms with van der Waals surface area (Å²) >= 11 is 0. The molecule has 4 atom stereocenters. The number of nitrogens with zero attached hydrogens (tertiary/aromatic N) is 1. The molecule has 0 aromatic heterocycles. The monoisotopic (exact) mass is 333 g/mol. The Balaban J connectivity index is 1.69. The van der Waals surface area contributed by atoms with Crippen molar-refractivity contribution in [2.24, 2.45) is 11.8 Å². The van der Waals surface area contributed by atoms with E-state index in [2.05, 4.69) is 0 Å². The molecule has 1 aliphatic heterocycles. The van der Waals surface area contributed by atoms with Crippen LogP contribution in [-0.4, -0.2) is 47.4 Å². The van der Waals surface area contributed by atoms with Crippen LogP contribution in [-0.2, 0) is 20.9 Å². The highest BCUT2D eigenvalue weighted by Crippen LogP contribution is 2.43. The van der Waals surface area contributed by atoms with Crippen molar-refractivity contribution in [3.63, 3.8) is 0 Å². The van der Waals surface area contributed by atoms with Gasteiger partial charge in [-0.15, -0.1) is 0 Å². The summed E-state index contributed by atoms with van der Waals surface area (Å²) in [6.07, 6.45) is 0.382. The third-order valence-corrected chi connectivity index (χ3v) is 4.96. The molecular weight excluding hydrogens is 310 g/mol. The minimum Gasteiger partial charge on any atom is -0.464 e. The van der Waals surface area contributed by atoms with Crippen LogP contribution in [0.15, 0.2) is 30.3 Å². The van der Waals surface area contributed by atoms with Crippen LogP contribution in [0, 0.1) is 11.8 Å². The zero-order valence-electron chi connectivity index (χ0n) is 13.8. The molecule has 3 unspecified atom stereocenters. The van der Waals surface area contributed by atoms with Gasteiger partial charge in [-0.1, -0.05) is 30.3 Å². The average molecular weight is 333 g/mol. The Kier molecular flexibility index (Phi) is 5.04. The minimum absolute atomic E-state index is 0.0525. The van der Waals surface area contributed by atoms with Crippen LogP contribution in [0.3, 0.4) is 0 Å². The van der Waals surface area contributed by atoms with Gasteiger partial charge in [-0.25, -0.2) is 9.59 Å². The van der Waals surface area contributed by atoms with Gasteiger partial charge in [-0.3, -0.25) is 4.90 Å². The Labute approximate surface area is 141 Å². The van der Waals surface area contributed by atoms with Gasteiger partial charge in [0, 0.05) is 12.5 Å². The molecule has 1 amide bonds. The summed E-state index contributed by atoms with van der Waals surface area (Å²) in [4.78, 5) is 26.2. The number of rotatable bonds is 4. The fourth-order valence-corrected chi connectivity index (χ4v) is 3.82. The van der Waals surface area contributed by atoms with Crippen molar-refractivity contribution in [1.82, 2.24) is 4.90 Å². The van der Waals surface area contributed by atoms with E-state index < -0.39 is 24.2 Å². The Morgan fingerprint density at radius 2 is 1.92 bits per heavy atom. The Hall–Kier alpha value is -2.08. The smallest absolute Gasteiger partial charge is 0.410 e. The Morgan fingerprint density at radius 3 is 2.62 bits per heavy atom. The molecule has 1 saturated carbocycles. The van der Waals surface area contributed by atoms with Gasteiger partial charge in [0.2, 0.25) is 0 Å². The zero-order valence-corrected chi connectivity index (χ0v) is 13.8. The Morgan fingerprint density at radius 1 is 1.17 bits per heavy atom. The fourth-order valence-electron chi connectivity index (χ4n) is 3.82. The van der Waals surface area contributed by atoms with Crippen LogP contribution in [0.2, 0.25) is 0 Å². The topological polar surface area (TPSA) is 76.1 Å². The number of aliphatic hydroxyl groups excluding tert-OH is 1. The van der Waals surface area contributed by atoms with Crippen LogP contribution in [0.25, 0.3) is 0 Å². The van der Waals surface area contributed by atoms with Crippen molar-refractivity contribution >= 4 is 12.1 Å². The number of esters is 1. The molecule has 0 radical (unpaired) electrons. The molecule has 0 spiro atoms. The van der Waals surface area contributed by atoms with Crippen LogP contribution >= 0.6 is 0 Å². The second-order valence-electron chi connectivity index (χ2n) is 6.36. The van der Waals surface area contributed by atoms with Gasteiger partial charge in [0.05, 0.1) is 12.7 Å². The number of aliphatic hydroxyl groups is 1. The number of fused-ring (bicyclic) bond motifs is 1. The van der Waals surface area contributed by atoms with Crippen molar-refractivity contribution in [3.05, 3.63) is 35.9 Å². The molecule has 1 aromatic carbocycles. The zero-order chi connectivity index (χ0) is 17.1. The maximum atomic E-state index is 12.5. The van der Waals surface area contributed by atoms with Crippen molar-refractivity contribution in [2.75, 3.05) is 13.2 Å². The van der Waals surface area contributed by atoms with Crippen LogP contribution in [0.4, 0.5) is 4.79 Å². The van der Waals surface area contributed by atoms with Gasteiger partial charge in [0.1, 0.15) is 12.6 Å². The number of benzene rings is 1. The fraction of sp³-hybridized carbons (Fsp3) is 0.556. The van der Waals surface area contributed by atoms with Gasteiger partial charge in [-0.2, -0.15) is 0 Å². The molecule has 1 aliphatic carbocycles. The summed E-state index contributed by atoms with van der Waals surface area (Å²) in [7, 11) is 0. The molecule has 1 aromatic rings. The molecule has 0 bridgehead atoms. The van der Waals surface area contributed by atoms with E-state index in [-0.39, 0.29) is 25.0 Å². The van der Waals surface area contributed by atoms with E-state index in [4.69, 9.17) is 9.47 Å². The molecule has 3 rings (SSSR count). The van der Waals surface area contributed by atoms with E-state index in [0.717, 1.165) is 12.0 Å². The van der Waals surface area contributed by atoms with Gasteiger partial charge < -0.3 is 14.6 Å². The van der Waals surface area contributed by atoms with E-state index in [0.29, 0.717) is 13.0 Å². The number of amides is 1. The van der Waals surface area contributed by atoms with Gasteiger partial charge >= 0.3 is 12.1 Å². The number of ether oxygens (including phenoxy) is 2.